The number of anilines is 1. The van der Waals surface area contributed by atoms with E-state index in [1.54, 1.807) is 18.5 Å². The van der Waals surface area contributed by atoms with Gasteiger partial charge in [0.05, 0.1) is 5.56 Å². The molecule has 4 rings (SSSR count). The smallest absolute Gasteiger partial charge is 0.259 e. The highest BCUT2D eigenvalue weighted by Gasteiger charge is 2.33. The molecule has 2 amide bonds. The van der Waals surface area contributed by atoms with Crippen molar-refractivity contribution in [2.45, 2.75) is 25.2 Å². The summed E-state index contributed by atoms with van der Waals surface area (Å²) in [6.07, 6.45) is 6.06. The molecule has 0 radical (unpaired) electrons. The maximum atomic E-state index is 12.8. The van der Waals surface area contributed by atoms with Gasteiger partial charge >= 0.3 is 0 Å². The molecule has 0 bridgehead atoms. The number of likely N-dealkylation sites (tertiary alicyclic amines) is 1. The van der Waals surface area contributed by atoms with Gasteiger partial charge in [-0.15, -0.1) is 0 Å². The Morgan fingerprint density at radius 1 is 1.25 bits per heavy atom. The molecule has 3 heterocycles. The lowest BCUT2D eigenvalue weighted by atomic mass is 9.98. The van der Waals surface area contributed by atoms with Crippen LogP contribution in [0.3, 0.4) is 0 Å². The van der Waals surface area contributed by atoms with Gasteiger partial charge in [-0.3, -0.25) is 9.59 Å². The summed E-state index contributed by atoms with van der Waals surface area (Å²) in [4.78, 5) is 31.4. The first-order chi connectivity index (χ1) is 11.7. The van der Waals surface area contributed by atoms with Gasteiger partial charge in [-0.2, -0.15) is 0 Å². The number of carbonyl (C=O) groups excluding carboxylic acids is 2. The Balaban J connectivity index is 1.52. The number of hydrogen-bond donors (Lipinski definition) is 1. The van der Waals surface area contributed by atoms with E-state index in [2.05, 4.69) is 11.1 Å². The van der Waals surface area contributed by atoms with Crippen LogP contribution in [0.5, 0.6) is 0 Å². The summed E-state index contributed by atoms with van der Waals surface area (Å²) in [6, 6.07) is 9.93. The molecule has 0 spiro atoms. The molecule has 1 fully saturated rings. The fourth-order valence-corrected chi connectivity index (χ4v) is 3.80. The summed E-state index contributed by atoms with van der Waals surface area (Å²) >= 11 is 0. The van der Waals surface area contributed by atoms with E-state index < -0.39 is 0 Å². The topological polar surface area (TPSA) is 56.4 Å². The maximum Gasteiger partial charge on any atom is 0.259 e. The zero-order chi connectivity index (χ0) is 16.5. The molecule has 1 unspecified atom stereocenters. The van der Waals surface area contributed by atoms with Gasteiger partial charge in [0.2, 0.25) is 5.91 Å². The van der Waals surface area contributed by atoms with Gasteiger partial charge in [0.1, 0.15) is 0 Å². The molecule has 1 N–H and O–H groups in total. The molecule has 5 nitrogen and oxygen atoms in total. The number of nitrogens with one attached hydrogen (secondary N) is 1. The van der Waals surface area contributed by atoms with Crippen LogP contribution in [0.4, 0.5) is 5.69 Å². The number of amides is 2. The number of H-pyrrole nitrogens is 1. The highest BCUT2D eigenvalue weighted by molar-refractivity contribution is 6.07. The van der Waals surface area contributed by atoms with E-state index in [9.17, 15) is 9.59 Å². The minimum absolute atomic E-state index is 0.0310. The van der Waals surface area contributed by atoms with Gasteiger partial charge < -0.3 is 14.8 Å². The van der Waals surface area contributed by atoms with Gasteiger partial charge in [0.25, 0.3) is 5.91 Å². The molecule has 24 heavy (non-hydrogen) atoms. The summed E-state index contributed by atoms with van der Waals surface area (Å²) in [5.41, 5.74) is 2.90. The van der Waals surface area contributed by atoms with Crippen molar-refractivity contribution in [1.29, 1.82) is 0 Å². The largest absolute Gasteiger partial charge is 0.367 e. The van der Waals surface area contributed by atoms with Gasteiger partial charge in [-0.1, -0.05) is 18.2 Å². The summed E-state index contributed by atoms with van der Waals surface area (Å²) in [5.74, 6) is 0.586. The third-order valence-corrected chi connectivity index (χ3v) is 5.08. The minimum Gasteiger partial charge on any atom is -0.367 e. The van der Waals surface area contributed by atoms with Crippen LogP contribution in [0, 0.1) is 0 Å². The van der Waals surface area contributed by atoms with Crippen LogP contribution in [0.25, 0.3) is 0 Å². The van der Waals surface area contributed by atoms with Gasteiger partial charge in [-0.05, 0) is 30.5 Å². The van der Waals surface area contributed by atoms with Crippen molar-refractivity contribution in [3.8, 4) is 0 Å². The summed E-state index contributed by atoms with van der Waals surface area (Å²) in [7, 11) is 0. The van der Waals surface area contributed by atoms with E-state index in [0.29, 0.717) is 18.5 Å². The SMILES string of the molecule is O=C1CCCN1CCC1CN(C(=O)c2cc[nH]c2)c2ccccc21. The van der Waals surface area contributed by atoms with Crippen LogP contribution >= 0.6 is 0 Å². The number of fused-ring (bicyclic) bond motifs is 1. The predicted octanol–water partition coefficient (Wildman–Crippen LogP) is 2.77. The number of aromatic amines is 1. The summed E-state index contributed by atoms with van der Waals surface area (Å²) < 4.78 is 0. The van der Waals surface area contributed by atoms with Crippen LogP contribution in [0.15, 0.2) is 42.7 Å². The Morgan fingerprint density at radius 3 is 2.88 bits per heavy atom. The second-order valence-electron chi connectivity index (χ2n) is 6.54. The Morgan fingerprint density at radius 2 is 2.12 bits per heavy atom. The van der Waals surface area contributed by atoms with E-state index in [0.717, 1.165) is 31.6 Å². The molecular formula is C19H21N3O2. The number of carbonyl (C=O) groups is 2. The lowest BCUT2D eigenvalue weighted by Gasteiger charge is -2.19. The van der Waals surface area contributed by atoms with E-state index in [-0.39, 0.29) is 17.7 Å². The van der Waals surface area contributed by atoms with E-state index in [1.807, 2.05) is 28.0 Å². The van der Waals surface area contributed by atoms with Crippen molar-refractivity contribution >= 4 is 17.5 Å². The summed E-state index contributed by atoms with van der Waals surface area (Å²) in [6.45, 7) is 2.34. The molecule has 5 heteroatoms. The highest BCUT2D eigenvalue weighted by Crippen LogP contribution is 2.39. The van der Waals surface area contributed by atoms with E-state index >= 15 is 0 Å². The monoisotopic (exact) mass is 323 g/mol. The Labute approximate surface area is 141 Å². The lowest BCUT2D eigenvalue weighted by Crippen LogP contribution is -2.31. The van der Waals surface area contributed by atoms with Crippen LogP contribution in [-0.4, -0.2) is 41.3 Å². The van der Waals surface area contributed by atoms with Crippen molar-refractivity contribution in [2.75, 3.05) is 24.5 Å². The Hall–Kier alpha value is -2.56. The fraction of sp³-hybridized carbons (Fsp3) is 0.368. The standard InChI is InChI=1S/C19H21N3O2/c23-18-6-3-10-21(18)11-8-15-13-22(17-5-2-1-4-16(15)17)19(24)14-7-9-20-12-14/h1-2,4-5,7,9,12,15,20H,3,6,8,10-11,13H2. The molecule has 1 atom stereocenters. The van der Waals surface area contributed by atoms with Crippen molar-refractivity contribution < 1.29 is 9.59 Å². The fourth-order valence-electron chi connectivity index (χ4n) is 3.80. The van der Waals surface area contributed by atoms with Gasteiger partial charge in [0.15, 0.2) is 0 Å². The van der Waals surface area contributed by atoms with Gasteiger partial charge in [0, 0.05) is 50.1 Å². The second kappa shape index (κ2) is 6.15. The van der Waals surface area contributed by atoms with E-state index in [1.165, 1.54) is 5.56 Å². The third-order valence-electron chi connectivity index (χ3n) is 5.08. The zero-order valence-electron chi connectivity index (χ0n) is 13.6. The first kappa shape index (κ1) is 15.0. The lowest BCUT2D eigenvalue weighted by molar-refractivity contribution is -0.127. The Bertz CT molecular complexity index is 754. The molecule has 2 aliphatic rings. The molecule has 0 saturated carbocycles. The van der Waals surface area contributed by atoms with Crippen LogP contribution in [-0.2, 0) is 4.79 Å². The second-order valence-corrected chi connectivity index (χ2v) is 6.54. The first-order valence-electron chi connectivity index (χ1n) is 8.55. The normalized spacial score (nSPS) is 19.8. The van der Waals surface area contributed by atoms with Crippen molar-refractivity contribution in [3.63, 3.8) is 0 Å². The number of nitrogens with zero attached hydrogens (tertiary/aromatic N) is 2. The van der Waals surface area contributed by atoms with Crippen molar-refractivity contribution in [3.05, 3.63) is 53.9 Å². The summed E-state index contributed by atoms with van der Waals surface area (Å²) in [5, 5.41) is 0. The van der Waals surface area contributed by atoms with E-state index in [4.69, 9.17) is 0 Å². The van der Waals surface area contributed by atoms with Crippen LogP contribution < -0.4 is 4.90 Å². The molecule has 0 aliphatic carbocycles. The molecule has 2 aromatic rings. The average molecular weight is 323 g/mol. The first-order valence-corrected chi connectivity index (χ1v) is 8.55. The molecule has 1 saturated heterocycles. The van der Waals surface area contributed by atoms with Crippen LogP contribution in [0.1, 0.15) is 41.1 Å². The zero-order valence-corrected chi connectivity index (χ0v) is 13.6. The Kier molecular flexibility index (Phi) is 3.84. The molecule has 1 aromatic carbocycles. The van der Waals surface area contributed by atoms with Crippen molar-refractivity contribution in [2.24, 2.45) is 0 Å². The van der Waals surface area contributed by atoms with Gasteiger partial charge in [-0.25, -0.2) is 0 Å². The van der Waals surface area contributed by atoms with Crippen molar-refractivity contribution in [1.82, 2.24) is 9.88 Å². The highest BCUT2D eigenvalue weighted by atomic mass is 16.2. The number of hydrogen-bond acceptors (Lipinski definition) is 2. The number of rotatable bonds is 4. The molecular weight excluding hydrogens is 302 g/mol. The minimum atomic E-state index is 0.0310. The maximum absolute atomic E-state index is 12.8. The molecule has 1 aromatic heterocycles. The average Bonchev–Trinajstić information content (AvgIpc) is 3.33. The number of aromatic nitrogens is 1. The van der Waals surface area contributed by atoms with Crippen LogP contribution in [0.2, 0.25) is 0 Å². The number of benzene rings is 1. The quantitative estimate of drug-likeness (QED) is 0.940. The molecule has 2 aliphatic heterocycles. The third kappa shape index (κ3) is 2.60. The number of para-hydroxylation sites is 1. The molecule has 124 valence electrons. The predicted molar refractivity (Wildman–Crippen MR) is 92.1 cm³/mol.